The van der Waals surface area contributed by atoms with Crippen LogP contribution in [0.5, 0.6) is 5.75 Å². The van der Waals surface area contributed by atoms with E-state index in [2.05, 4.69) is 5.32 Å². The fraction of sp³-hybridized carbons (Fsp3) is 0.353. The van der Waals surface area contributed by atoms with E-state index < -0.39 is 9.84 Å². The molecule has 24 heavy (non-hydrogen) atoms. The lowest BCUT2D eigenvalue weighted by atomic mass is 10.2. The first-order valence-electron chi connectivity index (χ1n) is 7.82. The van der Waals surface area contributed by atoms with E-state index in [1.54, 1.807) is 0 Å². The quantitative estimate of drug-likeness (QED) is 0.884. The fourth-order valence-corrected chi connectivity index (χ4v) is 5.38. The van der Waals surface area contributed by atoms with Crippen molar-refractivity contribution in [2.45, 2.75) is 19.4 Å². The van der Waals surface area contributed by atoms with Crippen molar-refractivity contribution in [2.24, 2.45) is 0 Å². The molecule has 1 aliphatic rings. The molecule has 0 bridgehead atoms. The molecule has 1 N–H and O–H groups in total. The van der Waals surface area contributed by atoms with Crippen LogP contribution in [0.4, 0.5) is 0 Å². The van der Waals surface area contributed by atoms with E-state index in [0.29, 0.717) is 23.7 Å². The van der Waals surface area contributed by atoms with Crippen LogP contribution in [0.1, 0.15) is 23.0 Å². The lowest BCUT2D eigenvalue weighted by Crippen LogP contribution is -2.35. The summed E-state index contributed by atoms with van der Waals surface area (Å²) in [5.41, 5.74) is 1.02. The molecule has 1 aromatic carbocycles. The summed E-state index contributed by atoms with van der Waals surface area (Å²) in [6.45, 7) is 2.33. The third kappa shape index (κ3) is 3.79. The highest BCUT2D eigenvalue weighted by atomic mass is 32.2. The maximum atomic E-state index is 12.6. The van der Waals surface area contributed by atoms with Gasteiger partial charge in [-0.1, -0.05) is 30.3 Å². The summed E-state index contributed by atoms with van der Waals surface area (Å²) in [7, 11) is -3.02. The highest BCUT2D eigenvalue weighted by Gasteiger charge is 2.30. The first-order valence-corrected chi connectivity index (χ1v) is 10.5. The zero-order valence-corrected chi connectivity index (χ0v) is 15.0. The van der Waals surface area contributed by atoms with Crippen LogP contribution < -0.4 is 10.1 Å². The summed E-state index contributed by atoms with van der Waals surface area (Å²) in [5, 5.41) is 2.83. The number of amides is 1. The van der Waals surface area contributed by atoms with Crippen molar-refractivity contribution in [1.82, 2.24) is 5.32 Å². The van der Waals surface area contributed by atoms with Crippen LogP contribution in [-0.2, 0) is 9.84 Å². The number of hydrogen-bond acceptors (Lipinski definition) is 5. The van der Waals surface area contributed by atoms with Gasteiger partial charge >= 0.3 is 0 Å². The minimum Gasteiger partial charge on any atom is -0.492 e. The summed E-state index contributed by atoms with van der Waals surface area (Å²) in [4.78, 5) is 14.0. The lowest BCUT2D eigenvalue weighted by molar-refractivity contribution is 0.0942. The number of sulfone groups is 1. The summed E-state index contributed by atoms with van der Waals surface area (Å²) in [6.07, 6.45) is 0.467. The van der Waals surface area contributed by atoms with Crippen LogP contribution in [-0.4, -0.2) is 38.5 Å². The van der Waals surface area contributed by atoms with Gasteiger partial charge in [0.1, 0.15) is 10.6 Å². The van der Waals surface area contributed by atoms with E-state index in [1.165, 1.54) is 11.3 Å². The summed E-state index contributed by atoms with van der Waals surface area (Å²) in [5.74, 6) is 0.419. The highest BCUT2D eigenvalue weighted by Crippen LogP contribution is 2.36. The lowest BCUT2D eigenvalue weighted by Gasteiger charge is -2.11. The Morgan fingerprint density at radius 2 is 2.08 bits per heavy atom. The number of hydrogen-bond donors (Lipinski definition) is 1. The number of benzene rings is 1. The summed E-state index contributed by atoms with van der Waals surface area (Å²) in [6, 6.07) is 11.3. The maximum absolute atomic E-state index is 12.6. The van der Waals surface area contributed by atoms with Crippen molar-refractivity contribution in [1.29, 1.82) is 0 Å². The van der Waals surface area contributed by atoms with Gasteiger partial charge in [0, 0.05) is 10.9 Å². The molecule has 128 valence electrons. The fourth-order valence-electron chi connectivity index (χ4n) is 2.70. The first-order chi connectivity index (χ1) is 11.5. The second-order valence-corrected chi connectivity index (χ2v) is 8.96. The van der Waals surface area contributed by atoms with Gasteiger partial charge in [-0.25, -0.2) is 8.42 Å². The Hall–Kier alpha value is -1.86. The van der Waals surface area contributed by atoms with Crippen molar-refractivity contribution in [3.8, 4) is 16.2 Å². The standard InChI is InChI=1S/C17H19NO4S2/c1-2-22-14-10-15(12-6-4-3-5-7-12)23-16(14)17(19)18-13-8-9-24(20,21)11-13/h3-7,10,13H,2,8-9,11H2,1H3,(H,18,19). The molecule has 0 radical (unpaired) electrons. The van der Waals surface area contributed by atoms with E-state index >= 15 is 0 Å². The van der Waals surface area contributed by atoms with E-state index in [9.17, 15) is 13.2 Å². The monoisotopic (exact) mass is 365 g/mol. The Kier molecular flexibility index (Phi) is 4.91. The molecule has 1 saturated heterocycles. The molecule has 0 saturated carbocycles. The molecule has 1 atom stereocenters. The van der Waals surface area contributed by atoms with Crippen LogP contribution in [0.2, 0.25) is 0 Å². The smallest absolute Gasteiger partial charge is 0.265 e. The first kappa shape index (κ1) is 17.0. The van der Waals surface area contributed by atoms with Gasteiger partial charge in [0.15, 0.2) is 9.84 Å². The number of carbonyl (C=O) groups is 1. The van der Waals surface area contributed by atoms with Gasteiger partial charge in [0.05, 0.1) is 18.1 Å². The average molecular weight is 365 g/mol. The van der Waals surface area contributed by atoms with Crippen molar-refractivity contribution < 1.29 is 17.9 Å². The number of ether oxygens (including phenoxy) is 1. The number of nitrogens with one attached hydrogen (secondary N) is 1. The van der Waals surface area contributed by atoms with Gasteiger partial charge in [-0.05, 0) is 25.0 Å². The van der Waals surface area contributed by atoms with Crippen molar-refractivity contribution in [2.75, 3.05) is 18.1 Å². The van der Waals surface area contributed by atoms with Crippen molar-refractivity contribution in [3.05, 3.63) is 41.3 Å². The Labute approximate surface area is 145 Å². The molecule has 0 aliphatic carbocycles. The van der Waals surface area contributed by atoms with Gasteiger partial charge in [-0.2, -0.15) is 0 Å². The molecule has 0 spiro atoms. The van der Waals surface area contributed by atoms with Gasteiger partial charge in [-0.3, -0.25) is 4.79 Å². The molecule has 2 aromatic rings. The minimum absolute atomic E-state index is 0.0135. The van der Waals surface area contributed by atoms with E-state index in [0.717, 1.165) is 10.4 Å². The van der Waals surface area contributed by atoms with E-state index in [4.69, 9.17) is 4.74 Å². The molecule has 1 aromatic heterocycles. The molecule has 1 aliphatic heterocycles. The molecular weight excluding hydrogens is 346 g/mol. The average Bonchev–Trinajstić information content (AvgIpc) is 3.12. The third-order valence-corrected chi connectivity index (χ3v) is 6.76. The Morgan fingerprint density at radius 3 is 2.71 bits per heavy atom. The van der Waals surface area contributed by atoms with E-state index in [-0.39, 0.29) is 23.5 Å². The minimum atomic E-state index is -3.02. The second-order valence-electron chi connectivity index (χ2n) is 5.68. The predicted octanol–water partition coefficient (Wildman–Crippen LogP) is 2.73. The normalized spacial score (nSPS) is 19.1. The molecule has 1 amide bonds. The topological polar surface area (TPSA) is 72.5 Å². The van der Waals surface area contributed by atoms with Crippen molar-refractivity contribution >= 4 is 27.1 Å². The molecule has 1 unspecified atom stereocenters. The summed E-state index contributed by atoms with van der Waals surface area (Å²) >= 11 is 1.36. The van der Waals surface area contributed by atoms with Crippen LogP contribution in [0.25, 0.3) is 10.4 Å². The number of rotatable bonds is 5. The SMILES string of the molecule is CCOc1cc(-c2ccccc2)sc1C(=O)NC1CCS(=O)(=O)C1. The van der Waals surface area contributed by atoms with Crippen LogP contribution in [0, 0.1) is 0 Å². The molecule has 1 fully saturated rings. The largest absolute Gasteiger partial charge is 0.492 e. The Balaban J connectivity index is 1.83. The molecular formula is C17H19NO4S2. The maximum Gasteiger partial charge on any atom is 0.265 e. The number of thiophene rings is 1. The molecule has 7 heteroatoms. The van der Waals surface area contributed by atoms with Crippen LogP contribution >= 0.6 is 11.3 Å². The predicted molar refractivity (Wildman–Crippen MR) is 95.4 cm³/mol. The van der Waals surface area contributed by atoms with Crippen LogP contribution in [0.15, 0.2) is 36.4 Å². The van der Waals surface area contributed by atoms with E-state index in [1.807, 2.05) is 43.3 Å². The second kappa shape index (κ2) is 6.94. The van der Waals surface area contributed by atoms with Gasteiger partial charge in [0.2, 0.25) is 0 Å². The van der Waals surface area contributed by atoms with Gasteiger partial charge < -0.3 is 10.1 Å². The van der Waals surface area contributed by atoms with Gasteiger partial charge in [-0.15, -0.1) is 11.3 Å². The van der Waals surface area contributed by atoms with Gasteiger partial charge in [0.25, 0.3) is 5.91 Å². The highest BCUT2D eigenvalue weighted by molar-refractivity contribution is 7.91. The zero-order valence-electron chi connectivity index (χ0n) is 13.3. The zero-order chi connectivity index (χ0) is 17.2. The molecule has 2 heterocycles. The Bertz CT molecular complexity index is 828. The Morgan fingerprint density at radius 1 is 1.33 bits per heavy atom. The summed E-state index contributed by atoms with van der Waals surface area (Å²) < 4.78 is 28.7. The molecule has 3 rings (SSSR count). The molecule has 5 nitrogen and oxygen atoms in total. The van der Waals surface area contributed by atoms with Crippen LogP contribution in [0.3, 0.4) is 0 Å². The van der Waals surface area contributed by atoms with Crippen molar-refractivity contribution in [3.63, 3.8) is 0 Å². The number of carbonyl (C=O) groups excluding carboxylic acids is 1. The third-order valence-electron chi connectivity index (χ3n) is 3.83.